The number of aliphatic hydroxyl groups is 1. The average molecular weight is 248 g/mol. The molecule has 98 valence electrons. The standard InChI is InChI=1S/C15H20O3/c1-14-4-10-12(5-14)15(2,16)3-9-6-17-7-11(9)13(10)18-8-14/h6-7,10,12-13,16H,3-5,8H2,1-2H3. The third-order valence-electron chi connectivity index (χ3n) is 5.39. The molecule has 1 saturated carbocycles. The smallest absolute Gasteiger partial charge is 0.0963 e. The van der Waals surface area contributed by atoms with Crippen molar-refractivity contribution in [3.63, 3.8) is 0 Å². The predicted molar refractivity (Wildman–Crippen MR) is 66.0 cm³/mol. The highest BCUT2D eigenvalue weighted by molar-refractivity contribution is 5.30. The first-order valence-electron chi connectivity index (χ1n) is 6.88. The van der Waals surface area contributed by atoms with Crippen LogP contribution in [0.5, 0.6) is 0 Å². The third kappa shape index (κ3) is 1.32. The fourth-order valence-electron chi connectivity index (χ4n) is 4.57. The van der Waals surface area contributed by atoms with Gasteiger partial charge in [-0.1, -0.05) is 6.92 Å². The molecule has 3 heteroatoms. The Bertz CT molecular complexity index is 490. The Balaban J connectivity index is 1.86. The van der Waals surface area contributed by atoms with E-state index in [4.69, 9.17) is 9.15 Å². The molecule has 1 saturated heterocycles. The van der Waals surface area contributed by atoms with Gasteiger partial charge in [0.1, 0.15) is 0 Å². The first kappa shape index (κ1) is 11.1. The van der Waals surface area contributed by atoms with Gasteiger partial charge in [-0.15, -0.1) is 0 Å². The molecular weight excluding hydrogens is 228 g/mol. The van der Waals surface area contributed by atoms with E-state index in [2.05, 4.69) is 6.92 Å². The van der Waals surface area contributed by atoms with E-state index < -0.39 is 5.60 Å². The van der Waals surface area contributed by atoms with Crippen molar-refractivity contribution < 1.29 is 14.3 Å². The van der Waals surface area contributed by atoms with E-state index in [1.807, 2.05) is 13.2 Å². The Labute approximate surface area is 107 Å². The van der Waals surface area contributed by atoms with E-state index in [0.29, 0.717) is 18.3 Å². The van der Waals surface area contributed by atoms with Crippen LogP contribution >= 0.6 is 0 Å². The van der Waals surface area contributed by atoms with Gasteiger partial charge in [0.15, 0.2) is 0 Å². The molecule has 1 N–H and O–H groups in total. The minimum atomic E-state index is -0.635. The Kier molecular flexibility index (Phi) is 1.97. The van der Waals surface area contributed by atoms with Crippen molar-refractivity contribution in [3.05, 3.63) is 23.7 Å². The molecule has 2 bridgehead atoms. The lowest BCUT2D eigenvalue weighted by Crippen LogP contribution is -2.38. The number of hydrogen-bond acceptors (Lipinski definition) is 3. The predicted octanol–water partition coefficient (Wildman–Crippen LogP) is 2.69. The Morgan fingerprint density at radius 2 is 2.11 bits per heavy atom. The SMILES string of the molecule is CC12COC3c4cocc4CC(C)(O)C(C1)C3C2. The molecule has 2 aliphatic carbocycles. The molecule has 1 aromatic rings. The van der Waals surface area contributed by atoms with E-state index in [1.165, 1.54) is 12.0 Å². The quantitative estimate of drug-likeness (QED) is 0.767. The molecular formula is C15H20O3. The molecule has 1 aliphatic heterocycles. The summed E-state index contributed by atoms with van der Waals surface area (Å²) >= 11 is 0. The highest BCUT2D eigenvalue weighted by Gasteiger charge is 2.57. The van der Waals surface area contributed by atoms with Crippen molar-refractivity contribution in [2.45, 2.75) is 44.8 Å². The van der Waals surface area contributed by atoms with Crippen molar-refractivity contribution in [2.24, 2.45) is 17.3 Å². The summed E-state index contributed by atoms with van der Waals surface area (Å²) in [6, 6.07) is 0. The highest BCUT2D eigenvalue weighted by atomic mass is 16.5. The summed E-state index contributed by atoms with van der Waals surface area (Å²) < 4.78 is 11.5. The van der Waals surface area contributed by atoms with Gasteiger partial charge in [0.25, 0.3) is 0 Å². The zero-order valence-electron chi connectivity index (χ0n) is 11.0. The zero-order valence-corrected chi connectivity index (χ0v) is 11.0. The van der Waals surface area contributed by atoms with Crippen LogP contribution in [0.1, 0.15) is 43.9 Å². The molecule has 4 rings (SSSR count). The molecule has 3 aliphatic rings. The van der Waals surface area contributed by atoms with Crippen LogP contribution in [0.15, 0.2) is 16.9 Å². The summed E-state index contributed by atoms with van der Waals surface area (Å²) in [6.45, 7) is 5.09. The first-order chi connectivity index (χ1) is 8.49. The second-order valence-corrected chi connectivity index (χ2v) is 7.11. The maximum absolute atomic E-state index is 10.9. The lowest BCUT2D eigenvalue weighted by atomic mass is 9.79. The van der Waals surface area contributed by atoms with Crippen molar-refractivity contribution in [1.29, 1.82) is 0 Å². The van der Waals surface area contributed by atoms with Crippen LogP contribution in [-0.4, -0.2) is 17.3 Å². The number of rotatable bonds is 0. The summed E-state index contributed by atoms with van der Waals surface area (Å²) in [5.41, 5.74) is 1.93. The van der Waals surface area contributed by atoms with Gasteiger partial charge in [-0.3, -0.25) is 0 Å². The summed E-state index contributed by atoms with van der Waals surface area (Å²) in [6.07, 6.45) is 6.68. The van der Waals surface area contributed by atoms with Gasteiger partial charge < -0.3 is 14.3 Å². The van der Waals surface area contributed by atoms with E-state index in [9.17, 15) is 5.11 Å². The Hall–Kier alpha value is -0.800. The fraction of sp³-hybridized carbons (Fsp3) is 0.733. The zero-order chi connectivity index (χ0) is 12.5. The van der Waals surface area contributed by atoms with Crippen molar-refractivity contribution in [1.82, 2.24) is 0 Å². The lowest BCUT2D eigenvalue weighted by molar-refractivity contribution is -0.0804. The van der Waals surface area contributed by atoms with Crippen LogP contribution in [0, 0.1) is 17.3 Å². The minimum absolute atomic E-state index is 0.133. The van der Waals surface area contributed by atoms with E-state index in [1.54, 1.807) is 6.26 Å². The average Bonchev–Trinajstić information content (AvgIpc) is 2.81. The molecule has 2 heterocycles. The van der Waals surface area contributed by atoms with Crippen molar-refractivity contribution >= 4 is 0 Å². The fourth-order valence-corrected chi connectivity index (χ4v) is 4.57. The van der Waals surface area contributed by atoms with Crippen LogP contribution in [0.2, 0.25) is 0 Å². The van der Waals surface area contributed by atoms with Crippen LogP contribution in [0.3, 0.4) is 0 Å². The van der Waals surface area contributed by atoms with Crippen LogP contribution in [-0.2, 0) is 11.2 Å². The molecule has 0 aromatic carbocycles. The van der Waals surface area contributed by atoms with Gasteiger partial charge in [0.05, 0.1) is 30.8 Å². The molecule has 3 nitrogen and oxygen atoms in total. The molecule has 18 heavy (non-hydrogen) atoms. The molecule has 1 aromatic heterocycles. The van der Waals surface area contributed by atoms with Crippen LogP contribution in [0.25, 0.3) is 0 Å². The maximum Gasteiger partial charge on any atom is 0.0963 e. The lowest BCUT2D eigenvalue weighted by Gasteiger charge is -2.35. The normalized spacial score (nSPS) is 49.8. The van der Waals surface area contributed by atoms with Gasteiger partial charge >= 0.3 is 0 Å². The minimum Gasteiger partial charge on any atom is -0.472 e. The van der Waals surface area contributed by atoms with Crippen LogP contribution in [0.4, 0.5) is 0 Å². The second kappa shape index (κ2) is 3.20. The maximum atomic E-state index is 10.9. The van der Waals surface area contributed by atoms with E-state index >= 15 is 0 Å². The molecule has 0 radical (unpaired) electrons. The highest BCUT2D eigenvalue weighted by Crippen LogP contribution is 2.60. The Morgan fingerprint density at radius 3 is 2.94 bits per heavy atom. The Morgan fingerprint density at radius 1 is 1.28 bits per heavy atom. The monoisotopic (exact) mass is 248 g/mol. The summed E-state index contributed by atoms with van der Waals surface area (Å²) in [5.74, 6) is 0.792. The number of furan rings is 1. The van der Waals surface area contributed by atoms with Crippen molar-refractivity contribution in [2.75, 3.05) is 6.61 Å². The largest absolute Gasteiger partial charge is 0.472 e. The van der Waals surface area contributed by atoms with Gasteiger partial charge in [-0.25, -0.2) is 0 Å². The van der Waals surface area contributed by atoms with Crippen molar-refractivity contribution in [3.8, 4) is 0 Å². The molecule has 5 unspecified atom stereocenters. The molecule has 2 fully saturated rings. The topological polar surface area (TPSA) is 42.6 Å². The van der Waals surface area contributed by atoms with Gasteiger partial charge in [0.2, 0.25) is 0 Å². The van der Waals surface area contributed by atoms with Crippen LogP contribution < -0.4 is 0 Å². The number of fused-ring (bicyclic) bond motifs is 3. The molecule has 0 spiro atoms. The summed E-state index contributed by atoms with van der Waals surface area (Å²) in [7, 11) is 0. The molecule has 0 amide bonds. The van der Waals surface area contributed by atoms with E-state index in [-0.39, 0.29) is 11.5 Å². The van der Waals surface area contributed by atoms with Gasteiger partial charge in [-0.2, -0.15) is 0 Å². The van der Waals surface area contributed by atoms with Gasteiger partial charge in [-0.05, 0) is 42.6 Å². The second-order valence-electron chi connectivity index (χ2n) is 7.11. The summed E-state index contributed by atoms with van der Waals surface area (Å²) in [5, 5.41) is 10.9. The summed E-state index contributed by atoms with van der Waals surface area (Å²) in [4.78, 5) is 0. The number of ether oxygens (including phenoxy) is 1. The third-order valence-corrected chi connectivity index (χ3v) is 5.39. The first-order valence-corrected chi connectivity index (χ1v) is 6.88. The van der Waals surface area contributed by atoms with Gasteiger partial charge in [0, 0.05) is 12.0 Å². The molecule has 5 atom stereocenters. The number of hydrogen-bond donors (Lipinski definition) is 1. The van der Waals surface area contributed by atoms with E-state index in [0.717, 1.165) is 18.6 Å².